The summed E-state index contributed by atoms with van der Waals surface area (Å²) >= 11 is 5.48. The molecule has 1 aromatic carbocycles. The number of halogens is 4. The second kappa shape index (κ2) is 14.5. The van der Waals surface area contributed by atoms with Crippen LogP contribution in [0.1, 0.15) is 76.3 Å². The Morgan fingerprint density at radius 2 is 0.857 bits per heavy atom. The van der Waals surface area contributed by atoms with Crippen LogP contribution in [0.2, 0.25) is 0 Å². The fourth-order valence-corrected chi connectivity index (χ4v) is 9.55. The average molecular weight is 647 g/mol. The molecular formula is C34H34F4S4. The molecule has 0 aliphatic heterocycles. The maximum atomic E-state index is 15.5. The van der Waals surface area contributed by atoms with Gasteiger partial charge in [-0.1, -0.05) is 52.4 Å². The topological polar surface area (TPSA) is 0 Å². The summed E-state index contributed by atoms with van der Waals surface area (Å²) < 4.78 is 62.1. The Labute approximate surface area is 261 Å². The van der Waals surface area contributed by atoms with Crippen LogP contribution >= 0.6 is 45.3 Å². The van der Waals surface area contributed by atoms with Gasteiger partial charge >= 0.3 is 0 Å². The minimum absolute atomic E-state index is 0.174. The molecule has 42 heavy (non-hydrogen) atoms. The van der Waals surface area contributed by atoms with Gasteiger partial charge in [-0.15, -0.1) is 45.3 Å². The van der Waals surface area contributed by atoms with Gasteiger partial charge in [-0.05, 0) is 84.0 Å². The number of hydrogen-bond donors (Lipinski definition) is 0. The van der Waals surface area contributed by atoms with E-state index in [0.29, 0.717) is 0 Å². The summed E-state index contributed by atoms with van der Waals surface area (Å²) in [5, 5.41) is 4.03. The van der Waals surface area contributed by atoms with Gasteiger partial charge in [-0.2, -0.15) is 0 Å². The third kappa shape index (κ3) is 6.62. The fourth-order valence-electron chi connectivity index (χ4n) is 5.23. The zero-order valence-electron chi connectivity index (χ0n) is 23.8. The minimum atomic E-state index is -1.36. The van der Waals surface area contributed by atoms with E-state index in [1.54, 1.807) is 46.9 Å². The maximum absolute atomic E-state index is 15.5. The fraction of sp³-hybridized carbons (Fsp3) is 0.353. The Morgan fingerprint density at radius 3 is 1.24 bits per heavy atom. The van der Waals surface area contributed by atoms with Gasteiger partial charge in [0.05, 0.1) is 11.1 Å². The Balaban J connectivity index is 1.41. The molecule has 0 aliphatic rings. The Hall–Kier alpha value is -2.26. The summed E-state index contributed by atoms with van der Waals surface area (Å²) in [5.74, 6) is -5.42. The lowest BCUT2D eigenvalue weighted by molar-refractivity contribution is 0.463. The molecule has 4 aromatic heterocycles. The molecular weight excluding hydrogens is 613 g/mol. The van der Waals surface area contributed by atoms with Crippen molar-refractivity contribution in [2.24, 2.45) is 0 Å². The van der Waals surface area contributed by atoms with Gasteiger partial charge in [0.2, 0.25) is 0 Å². The number of benzene rings is 1. The molecule has 0 radical (unpaired) electrons. The molecule has 0 spiro atoms. The van der Waals surface area contributed by atoms with Crippen LogP contribution in [0.25, 0.3) is 40.4 Å². The molecule has 5 aromatic rings. The molecule has 0 saturated heterocycles. The van der Waals surface area contributed by atoms with E-state index in [9.17, 15) is 0 Å². The first-order chi connectivity index (χ1) is 20.4. The Morgan fingerprint density at radius 1 is 0.476 bits per heavy atom. The van der Waals surface area contributed by atoms with E-state index in [0.717, 1.165) is 93.5 Å². The summed E-state index contributed by atoms with van der Waals surface area (Å²) in [5.41, 5.74) is 1.11. The molecule has 0 nitrogen and oxygen atoms in total. The van der Waals surface area contributed by atoms with Crippen LogP contribution in [0.5, 0.6) is 0 Å². The van der Waals surface area contributed by atoms with Gasteiger partial charge in [-0.3, -0.25) is 0 Å². The van der Waals surface area contributed by atoms with Crippen LogP contribution in [0.4, 0.5) is 17.6 Å². The van der Waals surface area contributed by atoms with E-state index in [2.05, 4.69) is 26.0 Å². The van der Waals surface area contributed by atoms with Crippen LogP contribution in [-0.4, -0.2) is 0 Å². The summed E-state index contributed by atoms with van der Waals surface area (Å²) in [4.78, 5) is 4.13. The number of unbranched alkanes of at least 4 members (excludes halogenated alkanes) is 6. The number of hydrogen-bond acceptors (Lipinski definition) is 4. The first-order valence-electron chi connectivity index (χ1n) is 14.6. The van der Waals surface area contributed by atoms with Gasteiger partial charge in [0.25, 0.3) is 0 Å². The molecule has 0 aliphatic carbocycles. The van der Waals surface area contributed by atoms with Crippen LogP contribution in [0.15, 0.2) is 47.2 Å². The van der Waals surface area contributed by atoms with Crippen molar-refractivity contribution in [1.82, 2.24) is 0 Å². The van der Waals surface area contributed by atoms with Crippen molar-refractivity contribution in [2.75, 3.05) is 0 Å². The number of thiophene rings is 4. The highest BCUT2D eigenvalue weighted by Crippen LogP contribution is 2.45. The van der Waals surface area contributed by atoms with Crippen molar-refractivity contribution >= 4 is 45.3 Å². The summed E-state index contributed by atoms with van der Waals surface area (Å²) in [6.07, 6.45) is 11.0. The third-order valence-electron chi connectivity index (χ3n) is 7.51. The first kappa shape index (κ1) is 31.2. The number of rotatable bonds is 14. The predicted molar refractivity (Wildman–Crippen MR) is 175 cm³/mol. The van der Waals surface area contributed by atoms with Crippen molar-refractivity contribution in [2.45, 2.75) is 78.1 Å². The summed E-state index contributed by atoms with van der Waals surface area (Å²) in [7, 11) is 0. The van der Waals surface area contributed by atoms with Gasteiger partial charge < -0.3 is 0 Å². The maximum Gasteiger partial charge on any atom is 0.171 e. The second-order valence-electron chi connectivity index (χ2n) is 10.5. The van der Waals surface area contributed by atoms with Crippen LogP contribution in [0, 0.1) is 23.3 Å². The van der Waals surface area contributed by atoms with E-state index in [-0.39, 0.29) is 9.75 Å². The second-order valence-corrected chi connectivity index (χ2v) is 14.5. The van der Waals surface area contributed by atoms with Gasteiger partial charge in [-0.25, -0.2) is 17.6 Å². The number of aryl methyl sites for hydroxylation is 2. The molecule has 8 heteroatoms. The van der Waals surface area contributed by atoms with E-state index in [1.807, 2.05) is 10.8 Å². The molecule has 0 amide bonds. The molecule has 4 heterocycles. The van der Waals surface area contributed by atoms with E-state index >= 15 is 17.6 Å². The minimum Gasteiger partial charge on any atom is -0.203 e. The van der Waals surface area contributed by atoms with Gasteiger partial charge in [0.1, 0.15) is 0 Å². The molecule has 0 fully saturated rings. The zero-order chi connectivity index (χ0) is 29.6. The monoisotopic (exact) mass is 646 g/mol. The van der Waals surface area contributed by atoms with Gasteiger partial charge in [0.15, 0.2) is 23.3 Å². The molecule has 0 N–H and O–H groups in total. The van der Waals surface area contributed by atoms with Crippen molar-refractivity contribution in [3.63, 3.8) is 0 Å². The molecule has 222 valence electrons. The summed E-state index contributed by atoms with van der Waals surface area (Å²) in [6.45, 7) is 4.35. The summed E-state index contributed by atoms with van der Waals surface area (Å²) in [6, 6.07) is 10.9. The molecule has 0 bridgehead atoms. The van der Waals surface area contributed by atoms with Crippen molar-refractivity contribution in [3.05, 3.63) is 81.6 Å². The van der Waals surface area contributed by atoms with E-state index in [4.69, 9.17) is 0 Å². The molecule has 0 unspecified atom stereocenters. The quantitative estimate of drug-likeness (QED) is 0.0640. The lowest BCUT2D eigenvalue weighted by Gasteiger charge is -2.10. The van der Waals surface area contributed by atoms with Crippen LogP contribution in [0.3, 0.4) is 0 Å². The van der Waals surface area contributed by atoms with E-state index in [1.165, 1.54) is 24.0 Å². The largest absolute Gasteiger partial charge is 0.203 e. The SMILES string of the molecule is CCCCCCc1ccsc1-c1ccc(-c2c(F)c(F)c(-c3ccc(-c4sccc4CCCCCC)s3)c(F)c2F)s1. The normalized spacial score (nSPS) is 11.6. The standard InChI is InChI=1S/C34H34F4S4/c1-3-5-7-9-11-21-17-19-39-33(21)25-15-13-23(41-25)27-29(35)31(37)28(32(38)30(27)36)24-14-16-26(42-24)34-22(18-20-40-34)12-10-8-6-4-2/h13-20H,3-12H2,1-2H3. The Bertz CT molecular complexity index is 1470. The highest BCUT2D eigenvalue weighted by Gasteiger charge is 2.29. The highest BCUT2D eigenvalue weighted by atomic mass is 32.1. The Kier molecular flexibility index (Phi) is 10.7. The van der Waals surface area contributed by atoms with Gasteiger partial charge in [0, 0.05) is 29.3 Å². The lowest BCUT2D eigenvalue weighted by atomic mass is 10.0. The van der Waals surface area contributed by atoms with Crippen LogP contribution < -0.4 is 0 Å². The molecule has 0 atom stereocenters. The smallest absolute Gasteiger partial charge is 0.171 e. The average Bonchev–Trinajstić information content (AvgIpc) is 3.80. The first-order valence-corrected chi connectivity index (χ1v) is 18.0. The zero-order valence-corrected chi connectivity index (χ0v) is 27.1. The van der Waals surface area contributed by atoms with Crippen molar-refractivity contribution in [3.8, 4) is 40.4 Å². The highest BCUT2D eigenvalue weighted by molar-refractivity contribution is 7.24. The molecule has 0 saturated carbocycles. The predicted octanol–water partition coefficient (Wildman–Crippen LogP) is 13.4. The molecule has 5 rings (SSSR count). The lowest BCUT2D eigenvalue weighted by Crippen LogP contribution is -2.02. The van der Waals surface area contributed by atoms with Crippen molar-refractivity contribution < 1.29 is 17.6 Å². The van der Waals surface area contributed by atoms with E-state index < -0.39 is 34.4 Å². The van der Waals surface area contributed by atoms with Crippen LogP contribution in [-0.2, 0) is 12.8 Å². The third-order valence-corrected chi connectivity index (χ3v) is 12.0. The van der Waals surface area contributed by atoms with Crippen molar-refractivity contribution in [1.29, 1.82) is 0 Å².